The van der Waals surface area contributed by atoms with Gasteiger partial charge < -0.3 is 10.0 Å². The van der Waals surface area contributed by atoms with E-state index in [1.807, 2.05) is 11.6 Å². The average Bonchev–Trinajstić information content (AvgIpc) is 2.94. The third-order valence-electron chi connectivity index (χ3n) is 4.17. The second kappa shape index (κ2) is 5.55. The van der Waals surface area contributed by atoms with Crippen molar-refractivity contribution in [3.05, 3.63) is 11.6 Å². The summed E-state index contributed by atoms with van der Waals surface area (Å²) < 4.78 is 0. The number of hydrogen-bond donors (Lipinski definition) is 1. The lowest BCUT2D eigenvalue weighted by Crippen LogP contribution is -2.54. The lowest BCUT2D eigenvalue weighted by atomic mass is 9.91. The molecule has 18 heavy (non-hydrogen) atoms. The SMILES string of the molecule is O[C@H]1CCCC[C@@H]1N1CCN(c2nccs2)CC1. The Kier molecular flexibility index (Phi) is 3.82. The smallest absolute Gasteiger partial charge is 0.185 e. The van der Waals surface area contributed by atoms with Crippen LogP contribution in [0.2, 0.25) is 0 Å². The average molecular weight is 267 g/mol. The molecule has 0 spiro atoms. The predicted molar refractivity (Wildman–Crippen MR) is 74.2 cm³/mol. The van der Waals surface area contributed by atoms with Gasteiger partial charge in [-0.3, -0.25) is 4.90 Å². The predicted octanol–water partition coefficient (Wildman–Crippen LogP) is 1.57. The van der Waals surface area contributed by atoms with E-state index >= 15 is 0 Å². The number of thiazole rings is 1. The molecule has 4 nitrogen and oxygen atoms in total. The largest absolute Gasteiger partial charge is 0.391 e. The van der Waals surface area contributed by atoms with Gasteiger partial charge in [0, 0.05) is 43.8 Å². The van der Waals surface area contributed by atoms with Crippen molar-refractivity contribution in [2.24, 2.45) is 0 Å². The Morgan fingerprint density at radius 2 is 1.94 bits per heavy atom. The lowest BCUT2D eigenvalue weighted by molar-refractivity contribution is 0.0173. The summed E-state index contributed by atoms with van der Waals surface area (Å²) in [6.45, 7) is 4.19. The number of piperazine rings is 1. The zero-order valence-corrected chi connectivity index (χ0v) is 11.5. The first-order valence-electron chi connectivity index (χ1n) is 6.91. The molecule has 2 fully saturated rings. The van der Waals surface area contributed by atoms with E-state index in [-0.39, 0.29) is 6.10 Å². The topological polar surface area (TPSA) is 39.6 Å². The van der Waals surface area contributed by atoms with Gasteiger partial charge in [-0.05, 0) is 12.8 Å². The standard InChI is InChI=1S/C13H21N3OS/c17-12-4-2-1-3-11(12)15-6-8-16(9-7-15)13-14-5-10-18-13/h5,10-12,17H,1-4,6-9H2/t11-,12-/m0/s1. The molecular formula is C13H21N3OS. The van der Waals surface area contributed by atoms with Crippen LogP contribution in [0.1, 0.15) is 25.7 Å². The van der Waals surface area contributed by atoms with Crippen LogP contribution in [0.5, 0.6) is 0 Å². The van der Waals surface area contributed by atoms with Gasteiger partial charge in [0.25, 0.3) is 0 Å². The van der Waals surface area contributed by atoms with Crippen molar-refractivity contribution in [1.29, 1.82) is 0 Å². The van der Waals surface area contributed by atoms with Gasteiger partial charge >= 0.3 is 0 Å². The maximum Gasteiger partial charge on any atom is 0.185 e. The molecule has 1 saturated carbocycles. The Hall–Kier alpha value is -0.650. The van der Waals surface area contributed by atoms with Gasteiger partial charge in [-0.25, -0.2) is 4.98 Å². The van der Waals surface area contributed by atoms with Crippen LogP contribution < -0.4 is 4.90 Å². The van der Waals surface area contributed by atoms with Gasteiger partial charge in [0.1, 0.15) is 0 Å². The molecule has 1 aliphatic heterocycles. The molecule has 2 atom stereocenters. The van der Waals surface area contributed by atoms with E-state index in [0.29, 0.717) is 6.04 Å². The number of aliphatic hydroxyl groups excluding tert-OH is 1. The number of anilines is 1. The van der Waals surface area contributed by atoms with E-state index in [1.165, 1.54) is 19.3 Å². The number of aliphatic hydroxyl groups is 1. The normalized spacial score (nSPS) is 30.6. The van der Waals surface area contributed by atoms with E-state index in [1.54, 1.807) is 11.3 Å². The van der Waals surface area contributed by atoms with Crippen molar-refractivity contribution < 1.29 is 5.11 Å². The first-order valence-corrected chi connectivity index (χ1v) is 7.79. The molecule has 0 amide bonds. The number of hydrogen-bond acceptors (Lipinski definition) is 5. The van der Waals surface area contributed by atoms with Gasteiger partial charge in [0.05, 0.1) is 6.10 Å². The third-order valence-corrected chi connectivity index (χ3v) is 5.00. The van der Waals surface area contributed by atoms with Crippen LogP contribution in [0.4, 0.5) is 5.13 Å². The van der Waals surface area contributed by atoms with Crippen molar-refractivity contribution in [1.82, 2.24) is 9.88 Å². The summed E-state index contributed by atoms with van der Waals surface area (Å²) in [6.07, 6.45) is 6.38. The maximum absolute atomic E-state index is 10.1. The molecule has 0 radical (unpaired) electrons. The Bertz CT molecular complexity index is 362. The quantitative estimate of drug-likeness (QED) is 0.883. The van der Waals surface area contributed by atoms with Gasteiger partial charge in [0.15, 0.2) is 5.13 Å². The van der Waals surface area contributed by atoms with Gasteiger partial charge in [-0.1, -0.05) is 12.8 Å². The molecule has 1 aromatic rings. The van der Waals surface area contributed by atoms with E-state index < -0.39 is 0 Å². The van der Waals surface area contributed by atoms with Gasteiger partial charge in [-0.2, -0.15) is 0 Å². The van der Waals surface area contributed by atoms with Gasteiger partial charge in [0.2, 0.25) is 0 Å². The van der Waals surface area contributed by atoms with Crippen molar-refractivity contribution in [3.63, 3.8) is 0 Å². The molecule has 3 rings (SSSR count). The highest BCUT2D eigenvalue weighted by Crippen LogP contribution is 2.25. The molecule has 100 valence electrons. The minimum Gasteiger partial charge on any atom is -0.391 e. The highest BCUT2D eigenvalue weighted by Gasteiger charge is 2.31. The molecule has 1 saturated heterocycles. The van der Waals surface area contributed by atoms with Crippen LogP contribution in [0, 0.1) is 0 Å². The van der Waals surface area contributed by atoms with E-state index in [2.05, 4.69) is 14.8 Å². The summed E-state index contributed by atoms with van der Waals surface area (Å²) in [6, 6.07) is 0.400. The fourth-order valence-corrected chi connectivity index (χ4v) is 3.83. The van der Waals surface area contributed by atoms with Crippen LogP contribution >= 0.6 is 11.3 Å². The van der Waals surface area contributed by atoms with E-state index in [0.717, 1.165) is 37.7 Å². The number of rotatable bonds is 2. The fourth-order valence-electron chi connectivity index (χ4n) is 3.13. The minimum atomic E-state index is -0.106. The Labute approximate surface area is 112 Å². The zero-order chi connectivity index (χ0) is 12.4. The Balaban J connectivity index is 1.56. The van der Waals surface area contributed by atoms with Crippen molar-refractivity contribution in [2.45, 2.75) is 37.8 Å². The number of nitrogens with zero attached hydrogens (tertiary/aromatic N) is 3. The summed E-state index contributed by atoms with van der Waals surface area (Å²) in [7, 11) is 0. The second-order valence-electron chi connectivity index (χ2n) is 5.26. The Morgan fingerprint density at radius 1 is 1.17 bits per heavy atom. The second-order valence-corrected chi connectivity index (χ2v) is 6.13. The zero-order valence-electron chi connectivity index (χ0n) is 10.7. The molecule has 2 aliphatic rings. The third kappa shape index (κ3) is 2.53. The first kappa shape index (κ1) is 12.4. The van der Waals surface area contributed by atoms with E-state index in [9.17, 15) is 5.11 Å². The first-order chi connectivity index (χ1) is 8.84. The highest BCUT2D eigenvalue weighted by atomic mass is 32.1. The summed E-state index contributed by atoms with van der Waals surface area (Å²) in [5.74, 6) is 0. The fraction of sp³-hybridized carbons (Fsp3) is 0.769. The lowest BCUT2D eigenvalue weighted by Gasteiger charge is -2.42. The number of aromatic nitrogens is 1. The van der Waals surface area contributed by atoms with E-state index in [4.69, 9.17) is 0 Å². The monoisotopic (exact) mass is 267 g/mol. The van der Waals surface area contributed by atoms with Crippen LogP contribution in [0.15, 0.2) is 11.6 Å². The summed E-state index contributed by atoms with van der Waals surface area (Å²) in [4.78, 5) is 9.21. The maximum atomic E-state index is 10.1. The highest BCUT2D eigenvalue weighted by molar-refractivity contribution is 7.13. The molecule has 0 unspecified atom stereocenters. The molecule has 5 heteroatoms. The minimum absolute atomic E-state index is 0.106. The summed E-state index contributed by atoms with van der Waals surface area (Å²) in [5, 5.41) is 13.3. The molecule has 0 aromatic carbocycles. The van der Waals surface area contributed by atoms with Crippen LogP contribution in [0.3, 0.4) is 0 Å². The molecule has 0 bridgehead atoms. The summed E-state index contributed by atoms with van der Waals surface area (Å²) >= 11 is 1.71. The van der Waals surface area contributed by atoms with Crippen LogP contribution in [-0.2, 0) is 0 Å². The van der Waals surface area contributed by atoms with Crippen molar-refractivity contribution in [2.75, 3.05) is 31.1 Å². The van der Waals surface area contributed by atoms with Crippen molar-refractivity contribution in [3.8, 4) is 0 Å². The summed E-state index contributed by atoms with van der Waals surface area (Å²) in [5.41, 5.74) is 0. The van der Waals surface area contributed by atoms with Gasteiger partial charge in [-0.15, -0.1) is 11.3 Å². The molecule has 2 heterocycles. The molecular weight excluding hydrogens is 246 g/mol. The van der Waals surface area contributed by atoms with Crippen LogP contribution in [0.25, 0.3) is 0 Å². The Morgan fingerprint density at radius 3 is 2.61 bits per heavy atom. The molecule has 1 N–H and O–H groups in total. The van der Waals surface area contributed by atoms with Crippen molar-refractivity contribution >= 4 is 16.5 Å². The molecule has 1 aliphatic carbocycles. The molecule has 1 aromatic heterocycles. The van der Waals surface area contributed by atoms with Crippen LogP contribution in [-0.4, -0.2) is 53.3 Å².